The predicted octanol–water partition coefficient (Wildman–Crippen LogP) is 7.73. The molecule has 0 saturated carbocycles. The molecule has 4 aromatic rings. The average molecular weight is 537 g/mol. The first-order valence-electron chi connectivity index (χ1n) is 11.0. The number of halogens is 2. The molecule has 0 heterocycles. The second kappa shape index (κ2) is 12.0. The Balaban J connectivity index is 1.48. The lowest BCUT2D eigenvalue weighted by molar-refractivity contribution is -0.115. The van der Waals surface area contributed by atoms with Gasteiger partial charge in [-0.05, 0) is 72.3 Å². The number of hydrogen-bond acceptors (Lipinski definition) is 4. The third kappa shape index (κ3) is 6.61. The SMILES string of the molecule is COc1ccc(NC(=O)C(Sc2ccc(NC(=O)c3ccc(Cl)cc3Cl)cc2)c2ccccc2)cc1. The molecule has 0 aliphatic rings. The number of carbonyl (C=O) groups is 2. The number of benzene rings is 4. The Labute approximate surface area is 223 Å². The fraction of sp³-hybridized carbons (Fsp3) is 0.0714. The quantitative estimate of drug-likeness (QED) is 0.226. The molecule has 0 fully saturated rings. The lowest BCUT2D eigenvalue weighted by atomic mass is 10.1. The van der Waals surface area contributed by atoms with Crippen LogP contribution in [-0.2, 0) is 4.79 Å². The maximum absolute atomic E-state index is 13.3. The van der Waals surface area contributed by atoms with Crippen LogP contribution in [-0.4, -0.2) is 18.9 Å². The summed E-state index contributed by atoms with van der Waals surface area (Å²) in [5, 5.41) is 6.07. The molecule has 0 radical (unpaired) electrons. The molecule has 4 aromatic carbocycles. The van der Waals surface area contributed by atoms with Gasteiger partial charge >= 0.3 is 0 Å². The van der Waals surface area contributed by atoms with E-state index in [1.54, 1.807) is 55.6 Å². The second-order valence-corrected chi connectivity index (χ2v) is 9.75. The number of nitrogens with one attached hydrogen (secondary N) is 2. The molecule has 0 bridgehead atoms. The zero-order valence-electron chi connectivity index (χ0n) is 19.2. The molecule has 2 N–H and O–H groups in total. The fourth-order valence-corrected chi connectivity index (χ4v) is 4.93. The van der Waals surface area contributed by atoms with Gasteiger partial charge in [0.2, 0.25) is 5.91 Å². The topological polar surface area (TPSA) is 67.4 Å². The second-order valence-electron chi connectivity index (χ2n) is 7.73. The van der Waals surface area contributed by atoms with Gasteiger partial charge < -0.3 is 15.4 Å². The molecule has 0 saturated heterocycles. The Morgan fingerprint density at radius 2 is 1.44 bits per heavy atom. The van der Waals surface area contributed by atoms with Crippen LogP contribution in [0.15, 0.2) is 102 Å². The number of hydrogen-bond donors (Lipinski definition) is 2. The summed E-state index contributed by atoms with van der Waals surface area (Å²) >= 11 is 13.5. The number of ether oxygens (including phenoxy) is 1. The Kier molecular flexibility index (Phi) is 8.54. The van der Waals surface area contributed by atoms with Gasteiger partial charge in [-0.25, -0.2) is 0 Å². The van der Waals surface area contributed by atoms with E-state index < -0.39 is 5.25 Å². The van der Waals surface area contributed by atoms with E-state index in [0.29, 0.717) is 27.7 Å². The first-order chi connectivity index (χ1) is 17.4. The Morgan fingerprint density at radius 3 is 2.08 bits per heavy atom. The molecule has 1 unspecified atom stereocenters. The molecule has 182 valence electrons. The smallest absolute Gasteiger partial charge is 0.257 e. The highest BCUT2D eigenvalue weighted by molar-refractivity contribution is 8.00. The molecule has 1 atom stereocenters. The highest BCUT2D eigenvalue weighted by Crippen LogP contribution is 2.37. The van der Waals surface area contributed by atoms with Gasteiger partial charge in [-0.2, -0.15) is 0 Å². The molecule has 4 rings (SSSR count). The van der Waals surface area contributed by atoms with Crippen LogP contribution < -0.4 is 15.4 Å². The van der Waals surface area contributed by atoms with Crippen LogP contribution >= 0.6 is 35.0 Å². The Bertz CT molecular complexity index is 1350. The fourth-order valence-electron chi connectivity index (χ4n) is 3.41. The maximum Gasteiger partial charge on any atom is 0.257 e. The molecular weight excluding hydrogens is 515 g/mol. The lowest BCUT2D eigenvalue weighted by Crippen LogP contribution is -2.19. The Morgan fingerprint density at radius 1 is 0.806 bits per heavy atom. The maximum atomic E-state index is 13.3. The van der Waals surface area contributed by atoms with E-state index in [9.17, 15) is 9.59 Å². The highest BCUT2D eigenvalue weighted by Gasteiger charge is 2.22. The highest BCUT2D eigenvalue weighted by atomic mass is 35.5. The zero-order chi connectivity index (χ0) is 25.5. The summed E-state index contributed by atoms with van der Waals surface area (Å²) in [5.74, 6) is 0.233. The Hall–Kier alpha value is -3.45. The molecule has 0 aromatic heterocycles. The summed E-state index contributed by atoms with van der Waals surface area (Å²) < 4.78 is 5.18. The summed E-state index contributed by atoms with van der Waals surface area (Å²) in [6.07, 6.45) is 0. The minimum atomic E-state index is -0.485. The van der Waals surface area contributed by atoms with Gasteiger partial charge in [0, 0.05) is 21.3 Å². The van der Waals surface area contributed by atoms with E-state index in [1.807, 2.05) is 42.5 Å². The zero-order valence-corrected chi connectivity index (χ0v) is 21.5. The van der Waals surface area contributed by atoms with Crippen LogP contribution in [0.1, 0.15) is 21.2 Å². The van der Waals surface area contributed by atoms with Gasteiger partial charge in [-0.15, -0.1) is 11.8 Å². The van der Waals surface area contributed by atoms with E-state index in [0.717, 1.165) is 10.5 Å². The van der Waals surface area contributed by atoms with Crippen LogP contribution in [0.5, 0.6) is 5.75 Å². The predicted molar refractivity (Wildman–Crippen MR) is 148 cm³/mol. The van der Waals surface area contributed by atoms with Gasteiger partial charge in [0.15, 0.2) is 0 Å². The van der Waals surface area contributed by atoms with Crippen molar-refractivity contribution in [2.45, 2.75) is 10.1 Å². The standard InChI is InChI=1S/C28H22Cl2N2O3S/c1-35-22-12-8-20(9-13-22)32-28(34)26(18-5-3-2-4-6-18)36-23-14-10-21(11-15-23)31-27(33)24-16-7-19(29)17-25(24)30/h2-17,26H,1H3,(H,31,33)(H,32,34). The van der Waals surface area contributed by atoms with Crippen molar-refractivity contribution in [3.8, 4) is 5.75 Å². The summed E-state index contributed by atoms with van der Waals surface area (Å²) in [5.41, 5.74) is 2.50. The van der Waals surface area contributed by atoms with Crippen LogP contribution in [0.4, 0.5) is 11.4 Å². The summed E-state index contributed by atoms with van der Waals surface area (Å²) in [6.45, 7) is 0. The largest absolute Gasteiger partial charge is 0.497 e. The number of amides is 2. The number of thioether (sulfide) groups is 1. The van der Waals surface area contributed by atoms with Gasteiger partial charge in [-0.1, -0.05) is 53.5 Å². The third-order valence-electron chi connectivity index (χ3n) is 5.24. The van der Waals surface area contributed by atoms with Gasteiger partial charge in [0.1, 0.15) is 11.0 Å². The van der Waals surface area contributed by atoms with Crippen molar-refractivity contribution < 1.29 is 14.3 Å². The van der Waals surface area contributed by atoms with Crippen molar-refractivity contribution in [3.63, 3.8) is 0 Å². The molecule has 5 nitrogen and oxygen atoms in total. The lowest BCUT2D eigenvalue weighted by Gasteiger charge is -2.17. The third-order valence-corrected chi connectivity index (χ3v) is 7.05. The first kappa shape index (κ1) is 25.6. The normalized spacial score (nSPS) is 11.4. The van der Waals surface area contributed by atoms with Crippen LogP contribution in [0.3, 0.4) is 0 Å². The summed E-state index contributed by atoms with van der Waals surface area (Å²) in [4.78, 5) is 26.7. The van der Waals surface area contributed by atoms with Gasteiger partial charge in [0.25, 0.3) is 5.91 Å². The molecule has 0 aliphatic carbocycles. The van der Waals surface area contributed by atoms with E-state index in [1.165, 1.54) is 17.8 Å². The molecular formula is C28H22Cl2N2O3S. The van der Waals surface area contributed by atoms with Crippen LogP contribution in [0, 0.1) is 0 Å². The van der Waals surface area contributed by atoms with Crippen molar-refractivity contribution in [3.05, 3.63) is 118 Å². The van der Waals surface area contributed by atoms with E-state index in [2.05, 4.69) is 10.6 Å². The summed E-state index contributed by atoms with van der Waals surface area (Å²) in [6, 6.07) is 28.8. The van der Waals surface area contributed by atoms with E-state index in [-0.39, 0.29) is 16.8 Å². The minimum absolute atomic E-state index is 0.147. The summed E-state index contributed by atoms with van der Waals surface area (Å²) in [7, 11) is 1.60. The molecule has 0 spiro atoms. The van der Waals surface area contributed by atoms with Crippen molar-refractivity contribution in [1.82, 2.24) is 0 Å². The van der Waals surface area contributed by atoms with Crippen molar-refractivity contribution in [2.24, 2.45) is 0 Å². The number of rotatable bonds is 8. The molecule has 2 amide bonds. The number of methoxy groups -OCH3 is 1. The van der Waals surface area contributed by atoms with Crippen LogP contribution in [0.2, 0.25) is 10.0 Å². The minimum Gasteiger partial charge on any atom is -0.497 e. The van der Waals surface area contributed by atoms with Crippen LogP contribution in [0.25, 0.3) is 0 Å². The molecule has 36 heavy (non-hydrogen) atoms. The molecule has 0 aliphatic heterocycles. The van der Waals surface area contributed by atoms with E-state index in [4.69, 9.17) is 27.9 Å². The number of anilines is 2. The monoisotopic (exact) mass is 536 g/mol. The van der Waals surface area contributed by atoms with Gasteiger partial charge in [0.05, 0.1) is 17.7 Å². The van der Waals surface area contributed by atoms with Crippen molar-refractivity contribution in [2.75, 3.05) is 17.7 Å². The molecule has 8 heteroatoms. The number of carbonyl (C=O) groups excluding carboxylic acids is 2. The first-order valence-corrected chi connectivity index (χ1v) is 12.6. The average Bonchev–Trinajstić information content (AvgIpc) is 2.89. The van der Waals surface area contributed by atoms with E-state index >= 15 is 0 Å². The van der Waals surface area contributed by atoms with Crippen molar-refractivity contribution >= 4 is 58.2 Å². The van der Waals surface area contributed by atoms with Gasteiger partial charge in [-0.3, -0.25) is 9.59 Å². The van der Waals surface area contributed by atoms with Crippen molar-refractivity contribution in [1.29, 1.82) is 0 Å².